The molecule has 1 rings (SSSR count). The van der Waals surface area contributed by atoms with Crippen molar-refractivity contribution in [1.29, 1.82) is 0 Å². The quantitative estimate of drug-likeness (QED) is 0.453. The number of carbonyl (C=O) groups is 4. The Morgan fingerprint density at radius 1 is 1.00 bits per heavy atom. The molecule has 0 heterocycles. The number of ether oxygens (including phenoxy) is 1. The molecule has 22 heavy (non-hydrogen) atoms. The predicted molar refractivity (Wildman–Crippen MR) is 71.2 cm³/mol. The third kappa shape index (κ3) is 4.98. The van der Waals surface area contributed by atoms with Crippen molar-refractivity contribution in [3.8, 4) is 0 Å². The van der Waals surface area contributed by atoms with E-state index in [-0.39, 0.29) is 0 Å². The highest BCUT2D eigenvalue weighted by atomic mass is 16.5. The molecule has 0 fully saturated rings. The second-order valence-corrected chi connectivity index (χ2v) is 4.53. The van der Waals surface area contributed by atoms with Crippen molar-refractivity contribution < 1.29 is 39.2 Å². The van der Waals surface area contributed by atoms with E-state index in [0.717, 1.165) is 0 Å². The van der Waals surface area contributed by atoms with Gasteiger partial charge in [0.25, 0.3) is 0 Å². The second kappa shape index (κ2) is 7.32. The summed E-state index contributed by atoms with van der Waals surface area (Å²) in [5, 5.41) is 27.0. The monoisotopic (exact) mass is 310 g/mol. The third-order valence-electron chi connectivity index (χ3n) is 2.74. The Kier molecular flexibility index (Phi) is 5.76. The molecule has 8 nitrogen and oxygen atoms in total. The summed E-state index contributed by atoms with van der Waals surface area (Å²) in [6, 6.07) is 7.94. The Morgan fingerprint density at radius 3 is 2.09 bits per heavy atom. The lowest BCUT2D eigenvalue weighted by Gasteiger charge is -2.20. The van der Waals surface area contributed by atoms with E-state index in [1.54, 1.807) is 18.2 Å². The normalized spacial score (nSPS) is 13.0. The topological polar surface area (TPSA) is 138 Å². The summed E-state index contributed by atoms with van der Waals surface area (Å²) >= 11 is 0. The molecule has 118 valence electrons. The molecule has 0 saturated carbocycles. The summed E-state index contributed by atoms with van der Waals surface area (Å²) in [5.41, 5.74) is -2.48. The average molecular weight is 310 g/mol. The van der Waals surface area contributed by atoms with Crippen LogP contribution in [-0.2, 0) is 19.1 Å². The number of ketones is 1. The Labute approximate surface area is 124 Å². The minimum atomic E-state index is -2.78. The molecule has 0 aliphatic heterocycles. The number of carboxylic acids is 2. The maximum Gasteiger partial charge on any atom is 0.336 e. The zero-order valence-electron chi connectivity index (χ0n) is 11.4. The van der Waals surface area contributed by atoms with E-state index in [1.165, 1.54) is 12.1 Å². The highest BCUT2D eigenvalue weighted by Crippen LogP contribution is 2.17. The van der Waals surface area contributed by atoms with Crippen LogP contribution in [0.5, 0.6) is 0 Å². The third-order valence-corrected chi connectivity index (χ3v) is 2.74. The molecular weight excluding hydrogens is 296 g/mol. The van der Waals surface area contributed by atoms with E-state index in [2.05, 4.69) is 4.74 Å². The van der Waals surface area contributed by atoms with Crippen molar-refractivity contribution in [2.24, 2.45) is 0 Å². The first-order valence-corrected chi connectivity index (χ1v) is 6.16. The molecule has 0 spiro atoms. The minimum absolute atomic E-state index is 0.300. The van der Waals surface area contributed by atoms with Gasteiger partial charge in [0.05, 0.1) is 12.8 Å². The van der Waals surface area contributed by atoms with E-state index in [1.807, 2.05) is 0 Å². The van der Waals surface area contributed by atoms with Crippen LogP contribution in [0.1, 0.15) is 23.2 Å². The van der Waals surface area contributed by atoms with Crippen molar-refractivity contribution in [3.63, 3.8) is 0 Å². The van der Waals surface area contributed by atoms with Crippen molar-refractivity contribution >= 4 is 23.7 Å². The van der Waals surface area contributed by atoms with Crippen LogP contribution in [0.15, 0.2) is 30.3 Å². The van der Waals surface area contributed by atoms with Crippen molar-refractivity contribution in [1.82, 2.24) is 0 Å². The molecule has 1 atom stereocenters. The lowest BCUT2D eigenvalue weighted by atomic mass is 9.96. The number of Topliss-reactive ketones (excluding diaryl/α,β-unsaturated/α-hetero) is 1. The molecule has 0 amide bonds. The summed E-state index contributed by atoms with van der Waals surface area (Å²) in [5.74, 6) is -5.14. The van der Waals surface area contributed by atoms with Gasteiger partial charge in [0.1, 0.15) is 0 Å². The van der Waals surface area contributed by atoms with Gasteiger partial charge in [-0.2, -0.15) is 0 Å². The van der Waals surface area contributed by atoms with Crippen LogP contribution in [0.3, 0.4) is 0 Å². The molecule has 0 aliphatic rings. The number of hydrogen-bond acceptors (Lipinski definition) is 6. The van der Waals surface area contributed by atoms with Crippen LogP contribution in [0.4, 0.5) is 0 Å². The Bertz CT molecular complexity index is 580. The molecule has 3 N–H and O–H groups in total. The standard InChI is InChI=1S/C14H14O8/c15-10(9-4-2-1-3-5-9)8-22-12(18)7-14(21,13(19)20)6-11(16)17/h1-5,21H,6-8H2,(H,16,17)(H,19,20). The number of rotatable bonds is 8. The SMILES string of the molecule is O=C(O)CC(O)(CC(=O)OCC(=O)c1ccccc1)C(=O)O. The Balaban J connectivity index is 2.60. The van der Waals surface area contributed by atoms with Crippen molar-refractivity contribution in [2.75, 3.05) is 6.61 Å². The number of aliphatic carboxylic acids is 2. The van der Waals surface area contributed by atoms with Gasteiger partial charge in [-0.25, -0.2) is 4.79 Å². The highest BCUT2D eigenvalue weighted by molar-refractivity contribution is 5.98. The fourth-order valence-electron chi connectivity index (χ4n) is 1.61. The number of esters is 1. The molecule has 0 aliphatic carbocycles. The van der Waals surface area contributed by atoms with E-state index in [9.17, 15) is 24.3 Å². The molecule has 1 aromatic rings. The van der Waals surface area contributed by atoms with Crippen LogP contribution >= 0.6 is 0 Å². The molecular formula is C14H14O8. The van der Waals surface area contributed by atoms with Crippen LogP contribution < -0.4 is 0 Å². The van der Waals surface area contributed by atoms with Gasteiger partial charge in [-0.1, -0.05) is 30.3 Å². The largest absolute Gasteiger partial charge is 0.481 e. The molecule has 8 heteroatoms. The maximum atomic E-state index is 11.7. The lowest BCUT2D eigenvalue weighted by Crippen LogP contribution is -2.43. The summed E-state index contributed by atoms with van der Waals surface area (Å²) in [4.78, 5) is 44.6. The van der Waals surface area contributed by atoms with Gasteiger partial charge >= 0.3 is 17.9 Å². The zero-order chi connectivity index (χ0) is 16.8. The first-order chi connectivity index (χ1) is 10.2. The zero-order valence-corrected chi connectivity index (χ0v) is 11.4. The lowest BCUT2D eigenvalue weighted by molar-refractivity contribution is -0.171. The van der Waals surface area contributed by atoms with Gasteiger partial charge < -0.3 is 20.1 Å². The predicted octanol–water partition coefficient (Wildman–Crippen LogP) is 0.0930. The highest BCUT2D eigenvalue weighted by Gasteiger charge is 2.41. The van der Waals surface area contributed by atoms with Crippen molar-refractivity contribution in [2.45, 2.75) is 18.4 Å². The molecule has 0 radical (unpaired) electrons. The molecule has 0 aromatic heterocycles. The van der Waals surface area contributed by atoms with Crippen LogP contribution in [0.2, 0.25) is 0 Å². The summed E-state index contributed by atoms with van der Waals surface area (Å²) in [7, 11) is 0. The van der Waals surface area contributed by atoms with E-state index in [4.69, 9.17) is 10.2 Å². The number of carboxylic acid groups (broad SMARTS) is 2. The summed E-state index contributed by atoms with van der Waals surface area (Å²) < 4.78 is 4.58. The van der Waals surface area contributed by atoms with Crippen molar-refractivity contribution in [3.05, 3.63) is 35.9 Å². The number of benzene rings is 1. The van der Waals surface area contributed by atoms with E-state index >= 15 is 0 Å². The van der Waals surface area contributed by atoms with Gasteiger partial charge in [0.2, 0.25) is 0 Å². The smallest absolute Gasteiger partial charge is 0.336 e. The maximum absolute atomic E-state index is 11.7. The fraction of sp³-hybridized carbons (Fsp3) is 0.286. The van der Waals surface area contributed by atoms with Gasteiger partial charge in [0, 0.05) is 5.56 Å². The van der Waals surface area contributed by atoms with Crippen LogP contribution in [-0.4, -0.2) is 51.2 Å². The van der Waals surface area contributed by atoms with Crippen LogP contribution in [0, 0.1) is 0 Å². The molecule has 1 aromatic carbocycles. The second-order valence-electron chi connectivity index (χ2n) is 4.53. The Hall–Kier alpha value is -2.74. The molecule has 0 saturated heterocycles. The van der Waals surface area contributed by atoms with Gasteiger partial charge in [-0.05, 0) is 0 Å². The number of aliphatic hydroxyl groups is 1. The number of hydrogen-bond donors (Lipinski definition) is 3. The van der Waals surface area contributed by atoms with Crippen LogP contribution in [0.25, 0.3) is 0 Å². The van der Waals surface area contributed by atoms with E-state index in [0.29, 0.717) is 5.56 Å². The van der Waals surface area contributed by atoms with Gasteiger partial charge in [0.15, 0.2) is 18.0 Å². The summed E-state index contributed by atoms with van der Waals surface area (Å²) in [6.07, 6.45) is -2.24. The molecule has 1 unspecified atom stereocenters. The average Bonchev–Trinajstić information content (AvgIpc) is 2.44. The van der Waals surface area contributed by atoms with E-state index < -0.39 is 48.7 Å². The Morgan fingerprint density at radius 2 is 1.59 bits per heavy atom. The number of carbonyl (C=O) groups excluding carboxylic acids is 2. The minimum Gasteiger partial charge on any atom is -0.481 e. The van der Waals surface area contributed by atoms with Gasteiger partial charge in [-0.3, -0.25) is 14.4 Å². The summed E-state index contributed by atoms with van der Waals surface area (Å²) in [6.45, 7) is -0.633. The first kappa shape index (κ1) is 17.3. The van der Waals surface area contributed by atoms with Gasteiger partial charge in [-0.15, -0.1) is 0 Å². The molecule has 0 bridgehead atoms. The fourth-order valence-corrected chi connectivity index (χ4v) is 1.61. The first-order valence-electron chi connectivity index (χ1n) is 6.16.